The van der Waals surface area contributed by atoms with Crippen LogP contribution in [0.2, 0.25) is 0 Å². The van der Waals surface area contributed by atoms with E-state index in [-0.39, 0.29) is 5.82 Å². The fourth-order valence-corrected chi connectivity index (χ4v) is 3.13. The van der Waals surface area contributed by atoms with Crippen LogP contribution in [-0.4, -0.2) is 18.0 Å². The maximum atomic E-state index is 12.9. The molecule has 0 saturated heterocycles. The Labute approximate surface area is 125 Å². The highest BCUT2D eigenvalue weighted by molar-refractivity contribution is 5.37. The molecule has 2 aromatic carbocycles. The van der Waals surface area contributed by atoms with Crippen molar-refractivity contribution in [3.8, 4) is 0 Å². The van der Waals surface area contributed by atoms with E-state index in [1.54, 1.807) is 0 Å². The second-order valence-corrected chi connectivity index (χ2v) is 5.80. The monoisotopic (exact) mass is 284 g/mol. The van der Waals surface area contributed by atoms with Crippen LogP contribution in [0.5, 0.6) is 0 Å². The average Bonchev–Trinajstić information content (AvgIpc) is 2.83. The largest absolute Gasteiger partial charge is 0.329 e. The molecule has 110 valence electrons. The fraction of sp³-hybridized carbons (Fsp3) is 0.333. The Morgan fingerprint density at radius 1 is 1.19 bits per heavy atom. The Kier molecular flexibility index (Phi) is 4.04. The number of hydrogen-bond donors (Lipinski definition) is 1. The first-order valence-corrected chi connectivity index (χ1v) is 7.45. The predicted octanol–water partition coefficient (Wildman–Crippen LogP) is 3.19. The standard InChI is InChI=1S/C18H21FN2/c1-13-2-5-15-12-21(18(11-20)17(15)10-13)9-8-14-3-6-16(19)7-4-14/h2-7,10,18H,8-9,11-12,20H2,1H3. The van der Waals surface area contributed by atoms with Gasteiger partial charge in [-0.1, -0.05) is 35.9 Å². The third kappa shape index (κ3) is 2.99. The van der Waals surface area contributed by atoms with E-state index in [0.29, 0.717) is 12.6 Å². The number of halogens is 1. The second-order valence-electron chi connectivity index (χ2n) is 5.80. The van der Waals surface area contributed by atoms with E-state index in [2.05, 4.69) is 30.0 Å². The summed E-state index contributed by atoms with van der Waals surface area (Å²) in [5.74, 6) is -0.178. The maximum absolute atomic E-state index is 12.9. The number of fused-ring (bicyclic) bond motifs is 1. The number of hydrogen-bond acceptors (Lipinski definition) is 2. The molecule has 1 unspecified atom stereocenters. The molecular formula is C18H21FN2. The average molecular weight is 284 g/mol. The lowest BCUT2D eigenvalue weighted by atomic mass is 10.0. The molecule has 0 radical (unpaired) electrons. The summed E-state index contributed by atoms with van der Waals surface area (Å²) in [5.41, 5.74) is 11.2. The van der Waals surface area contributed by atoms with Gasteiger partial charge in [0.1, 0.15) is 5.82 Å². The SMILES string of the molecule is Cc1ccc2c(c1)C(CN)N(CCc1ccc(F)cc1)C2. The molecule has 0 amide bonds. The van der Waals surface area contributed by atoms with Crippen molar-refractivity contribution in [2.45, 2.75) is 25.9 Å². The molecule has 0 aromatic heterocycles. The second kappa shape index (κ2) is 5.96. The van der Waals surface area contributed by atoms with Gasteiger partial charge in [-0.2, -0.15) is 0 Å². The minimum absolute atomic E-state index is 0.178. The van der Waals surface area contributed by atoms with Crippen LogP contribution in [0.3, 0.4) is 0 Å². The van der Waals surface area contributed by atoms with Crippen LogP contribution in [-0.2, 0) is 13.0 Å². The molecular weight excluding hydrogens is 263 g/mol. The molecule has 0 bridgehead atoms. The summed E-state index contributed by atoms with van der Waals surface area (Å²) in [5, 5.41) is 0. The maximum Gasteiger partial charge on any atom is 0.123 e. The van der Waals surface area contributed by atoms with Crippen LogP contribution in [0, 0.1) is 12.7 Å². The van der Waals surface area contributed by atoms with E-state index in [1.165, 1.54) is 34.4 Å². The normalized spacial score (nSPS) is 18.0. The first kappa shape index (κ1) is 14.2. The van der Waals surface area contributed by atoms with Crippen LogP contribution < -0.4 is 5.73 Å². The van der Waals surface area contributed by atoms with Crippen molar-refractivity contribution in [1.82, 2.24) is 4.90 Å². The number of benzene rings is 2. The summed E-state index contributed by atoms with van der Waals surface area (Å²) in [7, 11) is 0. The molecule has 3 heteroatoms. The van der Waals surface area contributed by atoms with Gasteiger partial charge in [-0.15, -0.1) is 0 Å². The molecule has 2 aromatic rings. The van der Waals surface area contributed by atoms with E-state index in [4.69, 9.17) is 5.73 Å². The smallest absolute Gasteiger partial charge is 0.123 e. The van der Waals surface area contributed by atoms with E-state index >= 15 is 0 Å². The molecule has 1 heterocycles. The molecule has 21 heavy (non-hydrogen) atoms. The number of nitrogens with zero attached hydrogens (tertiary/aromatic N) is 1. The molecule has 2 N–H and O–H groups in total. The van der Waals surface area contributed by atoms with Crippen LogP contribution >= 0.6 is 0 Å². The number of rotatable bonds is 4. The Balaban J connectivity index is 1.71. The van der Waals surface area contributed by atoms with Gasteiger partial charge < -0.3 is 5.73 Å². The van der Waals surface area contributed by atoms with Crippen molar-refractivity contribution >= 4 is 0 Å². The van der Waals surface area contributed by atoms with Gasteiger partial charge in [-0.3, -0.25) is 4.90 Å². The van der Waals surface area contributed by atoms with Crippen LogP contribution in [0.15, 0.2) is 42.5 Å². The van der Waals surface area contributed by atoms with Crippen molar-refractivity contribution < 1.29 is 4.39 Å². The highest BCUT2D eigenvalue weighted by Crippen LogP contribution is 2.33. The molecule has 0 fully saturated rings. The van der Waals surface area contributed by atoms with Gasteiger partial charge in [0.05, 0.1) is 0 Å². The summed E-state index contributed by atoms with van der Waals surface area (Å²) in [6, 6.07) is 13.7. The van der Waals surface area contributed by atoms with Crippen molar-refractivity contribution in [2.75, 3.05) is 13.1 Å². The zero-order chi connectivity index (χ0) is 14.8. The Bertz CT molecular complexity index is 622. The summed E-state index contributed by atoms with van der Waals surface area (Å²) in [6.45, 7) is 4.66. The van der Waals surface area contributed by atoms with Crippen LogP contribution in [0.4, 0.5) is 4.39 Å². The molecule has 1 aliphatic heterocycles. The summed E-state index contributed by atoms with van der Waals surface area (Å²) < 4.78 is 12.9. The van der Waals surface area contributed by atoms with Gasteiger partial charge in [0.15, 0.2) is 0 Å². The minimum Gasteiger partial charge on any atom is -0.329 e. The first-order valence-electron chi connectivity index (χ1n) is 7.45. The third-order valence-electron chi connectivity index (χ3n) is 4.30. The summed E-state index contributed by atoms with van der Waals surface area (Å²) in [6.07, 6.45) is 0.920. The van der Waals surface area contributed by atoms with Crippen molar-refractivity contribution in [2.24, 2.45) is 5.73 Å². The molecule has 0 spiro atoms. The van der Waals surface area contributed by atoms with Gasteiger partial charge in [-0.25, -0.2) is 4.39 Å². The van der Waals surface area contributed by atoms with Gasteiger partial charge in [0.2, 0.25) is 0 Å². The van der Waals surface area contributed by atoms with E-state index < -0.39 is 0 Å². The van der Waals surface area contributed by atoms with E-state index in [0.717, 1.165) is 19.5 Å². The molecule has 2 nitrogen and oxygen atoms in total. The van der Waals surface area contributed by atoms with Crippen molar-refractivity contribution in [1.29, 1.82) is 0 Å². The molecule has 1 atom stereocenters. The minimum atomic E-state index is -0.178. The lowest BCUT2D eigenvalue weighted by Crippen LogP contribution is -2.29. The zero-order valence-corrected chi connectivity index (χ0v) is 12.3. The van der Waals surface area contributed by atoms with Crippen LogP contribution in [0.25, 0.3) is 0 Å². The molecule has 3 rings (SSSR count). The Hall–Kier alpha value is -1.71. The third-order valence-corrected chi connectivity index (χ3v) is 4.30. The fourth-order valence-electron chi connectivity index (χ4n) is 3.13. The van der Waals surface area contributed by atoms with E-state index in [9.17, 15) is 4.39 Å². The quantitative estimate of drug-likeness (QED) is 0.934. The number of aryl methyl sites for hydroxylation is 1. The number of nitrogens with two attached hydrogens (primary N) is 1. The lowest BCUT2D eigenvalue weighted by molar-refractivity contribution is 0.223. The van der Waals surface area contributed by atoms with Gasteiger partial charge >= 0.3 is 0 Å². The van der Waals surface area contributed by atoms with Crippen molar-refractivity contribution in [3.05, 3.63) is 70.5 Å². The van der Waals surface area contributed by atoms with Gasteiger partial charge in [0.25, 0.3) is 0 Å². The van der Waals surface area contributed by atoms with E-state index in [1.807, 2.05) is 12.1 Å². The lowest BCUT2D eigenvalue weighted by Gasteiger charge is -2.23. The van der Waals surface area contributed by atoms with Crippen LogP contribution in [0.1, 0.15) is 28.3 Å². The predicted molar refractivity (Wildman–Crippen MR) is 83.5 cm³/mol. The first-order chi connectivity index (χ1) is 10.2. The molecule has 1 aliphatic rings. The Morgan fingerprint density at radius 2 is 1.95 bits per heavy atom. The van der Waals surface area contributed by atoms with Gasteiger partial charge in [-0.05, 0) is 42.2 Å². The zero-order valence-electron chi connectivity index (χ0n) is 12.3. The highest BCUT2D eigenvalue weighted by Gasteiger charge is 2.28. The summed E-state index contributed by atoms with van der Waals surface area (Å²) >= 11 is 0. The van der Waals surface area contributed by atoms with Gasteiger partial charge in [0, 0.05) is 25.7 Å². The highest BCUT2D eigenvalue weighted by atomic mass is 19.1. The Morgan fingerprint density at radius 3 is 2.67 bits per heavy atom. The molecule has 0 saturated carbocycles. The molecule has 0 aliphatic carbocycles. The summed E-state index contributed by atoms with van der Waals surface area (Å²) in [4.78, 5) is 2.42. The topological polar surface area (TPSA) is 29.3 Å². The van der Waals surface area contributed by atoms with Crippen molar-refractivity contribution in [3.63, 3.8) is 0 Å².